The second kappa shape index (κ2) is 25.4. The first-order valence-electron chi connectivity index (χ1n) is 21.9. The molecule has 338 valence electrons. The molecule has 0 aliphatic rings. The highest BCUT2D eigenvalue weighted by Crippen LogP contribution is 2.26. The Kier molecular flexibility index (Phi) is 18.4. The van der Waals surface area contributed by atoms with Crippen LogP contribution in [0.2, 0.25) is 0 Å². The molecular weight excluding hydrogens is 837 g/mol. The molecule has 12 heteroatoms. The van der Waals surface area contributed by atoms with Crippen molar-refractivity contribution in [3.05, 3.63) is 175 Å². The Bertz CT molecular complexity index is 2670. The molecule has 0 fully saturated rings. The average molecular weight is 889 g/mol. The van der Waals surface area contributed by atoms with E-state index >= 15 is 0 Å². The summed E-state index contributed by atoms with van der Waals surface area (Å²) in [7, 11) is 0. The Hall–Kier alpha value is -7.86. The molecule has 0 bridgehead atoms. The maximum absolute atomic E-state index is 13.5. The first-order valence-corrected chi connectivity index (χ1v) is 21.9. The van der Waals surface area contributed by atoms with E-state index in [-0.39, 0.29) is 11.5 Å². The Morgan fingerprint density at radius 3 is 1.44 bits per heavy atom. The molecule has 0 saturated heterocycles. The van der Waals surface area contributed by atoms with E-state index in [1.54, 1.807) is 66.7 Å². The Labute approximate surface area is 383 Å². The van der Waals surface area contributed by atoms with Crippen LogP contribution in [0.1, 0.15) is 77.6 Å². The van der Waals surface area contributed by atoms with Gasteiger partial charge in [0.05, 0.1) is 43.8 Å². The second-order valence-corrected chi connectivity index (χ2v) is 15.0. The van der Waals surface area contributed by atoms with E-state index in [4.69, 9.17) is 33.5 Å². The largest absolute Gasteiger partial charge is 0.494 e. The molecule has 0 saturated carbocycles. The lowest BCUT2D eigenvalue weighted by Gasteiger charge is -2.11. The number of hydrogen-bond acceptors (Lipinski definition) is 12. The van der Waals surface area contributed by atoms with E-state index in [1.807, 2.05) is 60.7 Å². The molecule has 0 aromatic heterocycles. The quantitative estimate of drug-likeness (QED) is 0.0144. The summed E-state index contributed by atoms with van der Waals surface area (Å²) in [4.78, 5) is 49.2. The first kappa shape index (κ1) is 47.6. The number of rotatable bonds is 24. The lowest BCUT2D eigenvalue weighted by Crippen LogP contribution is -2.11. The number of esters is 4. The van der Waals surface area contributed by atoms with Gasteiger partial charge in [0.2, 0.25) is 0 Å². The van der Waals surface area contributed by atoms with E-state index in [9.17, 15) is 19.2 Å². The molecule has 0 N–H and O–H groups in total. The van der Waals surface area contributed by atoms with Gasteiger partial charge < -0.3 is 28.4 Å². The van der Waals surface area contributed by atoms with Crippen molar-refractivity contribution in [2.45, 2.75) is 51.4 Å². The van der Waals surface area contributed by atoms with Crippen LogP contribution in [0, 0.1) is 0 Å². The third-order valence-corrected chi connectivity index (χ3v) is 10.2. The lowest BCUT2D eigenvalue weighted by atomic mass is 10.1. The molecule has 6 aromatic carbocycles. The average Bonchev–Trinajstić information content (AvgIpc) is 3.50. The highest BCUT2D eigenvalue weighted by Gasteiger charge is 2.15. The van der Waals surface area contributed by atoms with Crippen molar-refractivity contribution in [1.82, 2.24) is 0 Å². The fourth-order valence-corrected chi connectivity index (χ4v) is 6.74. The summed E-state index contributed by atoms with van der Waals surface area (Å²) in [6.45, 7) is 8.50. The van der Waals surface area contributed by atoms with E-state index in [2.05, 4.69) is 18.3 Å². The van der Waals surface area contributed by atoms with E-state index in [0.717, 1.165) is 85.1 Å². The highest BCUT2D eigenvalue weighted by atomic mass is 16.5. The molecule has 0 unspecified atom stereocenters. The summed E-state index contributed by atoms with van der Waals surface area (Å²) in [6.07, 6.45) is 10.6. The van der Waals surface area contributed by atoms with Crippen molar-refractivity contribution >= 4 is 51.6 Å². The zero-order chi connectivity index (χ0) is 46.4. The summed E-state index contributed by atoms with van der Waals surface area (Å²) in [6, 6.07) is 37.9. The summed E-state index contributed by atoms with van der Waals surface area (Å²) in [5, 5.41) is 13.6. The molecule has 12 nitrogen and oxygen atoms in total. The lowest BCUT2D eigenvalue weighted by molar-refractivity contribution is -0.138. The number of benzene rings is 5. The Balaban J connectivity index is 1.13. The van der Waals surface area contributed by atoms with E-state index in [0.29, 0.717) is 60.0 Å². The zero-order valence-electron chi connectivity index (χ0n) is 36.7. The third kappa shape index (κ3) is 14.6. The van der Waals surface area contributed by atoms with Crippen LogP contribution in [0.25, 0.3) is 21.5 Å². The van der Waals surface area contributed by atoms with E-state index < -0.39 is 23.9 Å². The molecule has 0 atom stereocenters. The molecule has 0 aliphatic heterocycles. The van der Waals surface area contributed by atoms with Gasteiger partial charge in [-0.15, -0.1) is 5.10 Å². The van der Waals surface area contributed by atoms with Crippen LogP contribution in [0.15, 0.2) is 163 Å². The summed E-state index contributed by atoms with van der Waals surface area (Å²) in [5.74, 6) is -0.460. The van der Waals surface area contributed by atoms with Gasteiger partial charge in [-0.2, -0.15) is 5.10 Å². The minimum absolute atomic E-state index is 0.171. The smallest absolute Gasteiger partial charge is 0.343 e. The van der Waals surface area contributed by atoms with Gasteiger partial charge in [0.1, 0.15) is 28.4 Å². The SMILES string of the molecule is C=CC(=O)OCCCCCCOc1ccc(C(=O)Oc2ccc(OC(=O)c3ccc(OCCCCCCOC(=O)C=C)cc3)c(C=NN=c3c4ccccc4ccc4ccccc34)c2)cc1. The maximum atomic E-state index is 13.5. The van der Waals surface area contributed by atoms with Crippen LogP contribution in [0.4, 0.5) is 0 Å². The van der Waals surface area contributed by atoms with Gasteiger partial charge in [-0.1, -0.05) is 73.8 Å². The topological polar surface area (TPSA) is 148 Å². The van der Waals surface area contributed by atoms with Crippen LogP contribution in [0.3, 0.4) is 0 Å². The minimum Gasteiger partial charge on any atom is -0.494 e. The van der Waals surface area contributed by atoms with Crippen molar-refractivity contribution in [3.8, 4) is 23.0 Å². The summed E-state index contributed by atoms with van der Waals surface area (Å²) in [5.41, 5.74) is 0.945. The monoisotopic (exact) mass is 888 g/mol. The van der Waals surface area contributed by atoms with Crippen LogP contribution < -0.4 is 24.3 Å². The predicted molar refractivity (Wildman–Crippen MR) is 254 cm³/mol. The van der Waals surface area contributed by atoms with Crippen LogP contribution in [-0.2, 0) is 19.1 Å². The maximum Gasteiger partial charge on any atom is 0.343 e. The number of fused-ring (bicyclic) bond motifs is 2. The Morgan fingerprint density at radius 1 is 0.485 bits per heavy atom. The van der Waals surface area contributed by atoms with Crippen molar-refractivity contribution in [2.75, 3.05) is 26.4 Å². The summed E-state index contributed by atoms with van der Waals surface area (Å²) >= 11 is 0. The van der Waals surface area contributed by atoms with Crippen LogP contribution in [-0.4, -0.2) is 56.5 Å². The molecule has 0 radical (unpaired) electrons. The number of unbranched alkanes of at least 4 members (excludes halogenated alkanes) is 6. The van der Waals surface area contributed by atoms with Gasteiger partial charge in [0.25, 0.3) is 0 Å². The molecule has 0 spiro atoms. The third-order valence-electron chi connectivity index (χ3n) is 10.2. The fraction of sp³-hybridized carbons (Fsp3) is 0.222. The molecule has 0 amide bonds. The molecule has 66 heavy (non-hydrogen) atoms. The van der Waals surface area contributed by atoms with Crippen molar-refractivity contribution in [2.24, 2.45) is 10.2 Å². The highest BCUT2D eigenvalue weighted by molar-refractivity contribution is 5.95. The number of carbonyl (C=O) groups is 4. The van der Waals surface area contributed by atoms with Gasteiger partial charge in [0, 0.05) is 28.5 Å². The molecule has 0 heterocycles. The number of nitrogens with zero attached hydrogens (tertiary/aromatic N) is 2. The standard InChI is InChI=1S/C54H52N2O10/c1-3-50(57)63-35-15-7-5-13-33-61-44-27-23-41(24-28-44)53(59)65-46-31-32-49(66-54(60)42-25-29-45(30-26-42)62-34-14-6-8-16-36-64-51(58)4-2)43(37-46)38-55-56-52-47-19-11-9-17-39(47)21-22-40-18-10-12-20-48(40)52/h3-4,9-12,17-32,37-38H,1-2,5-8,13-16,33-36H2. The molecule has 0 aliphatic carbocycles. The van der Waals surface area contributed by atoms with Gasteiger partial charge >= 0.3 is 23.9 Å². The Morgan fingerprint density at radius 2 is 0.939 bits per heavy atom. The van der Waals surface area contributed by atoms with Crippen LogP contribution >= 0.6 is 0 Å². The second-order valence-electron chi connectivity index (χ2n) is 15.0. The van der Waals surface area contributed by atoms with Gasteiger partial charge in [-0.3, -0.25) is 0 Å². The molecule has 6 rings (SSSR count). The van der Waals surface area contributed by atoms with Crippen molar-refractivity contribution in [1.29, 1.82) is 0 Å². The zero-order valence-corrected chi connectivity index (χ0v) is 36.7. The van der Waals surface area contributed by atoms with E-state index in [1.165, 1.54) is 6.21 Å². The number of hydrogen-bond donors (Lipinski definition) is 0. The van der Waals surface area contributed by atoms with Gasteiger partial charge in [0.15, 0.2) is 0 Å². The summed E-state index contributed by atoms with van der Waals surface area (Å²) < 4.78 is 33.4. The van der Waals surface area contributed by atoms with Crippen molar-refractivity contribution < 1.29 is 47.6 Å². The number of ether oxygens (including phenoxy) is 6. The number of carbonyl (C=O) groups excluding carboxylic acids is 4. The predicted octanol–water partition coefficient (Wildman–Crippen LogP) is 10.7. The van der Waals surface area contributed by atoms with Gasteiger partial charge in [-0.25, -0.2) is 19.2 Å². The normalized spacial score (nSPS) is 10.8. The van der Waals surface area contributed by atoms with Crippen LogP contribution in [0.5, 0.6) is 23.0 Å². The minimum atomic E-state index is -0.615. The molecular formula is C54H52N2O10. The molecule has 6 aromatic rings. The van der Waals surface area contributed by atoms with Gasteiger partial charge in [-0.05, 0) is 129 Å². The van der Waals surface area contributed by atoms with Crippen molar-refractivity contribution in [3.63, 3.8) is 0 Å². The fourth-order valence-electron chi connectivity index (χ4n) is 6.74. The first-order chi connectivity index (χ1) is 32.3.